The van der Waals surface area contributed by atoms with E-state index in [1.54, 1.807) is 0 Å². The number of rotatable bonds is 6. The molecule has 1 rings (SSSR count). The Labute approximate surface area is 93.4 Å². The van der Waals surface area contributed by atoms with E-state index in [4.69, 9.17) is 5.73 Å². The first-order valence-corrected chi connectivity index (χ1v) is 6.38. The molecule has 0 spiro atoms. The van der Waals surface area contributed by atoms with E-state index < -0.39 is 0 Å². The summed E-state index contributed by atoms with van der Waals surface area (Å²) < 4.78 is 0. The summed E-state index contributed by atoms with van der Waals surface area (Å²) in [6.45, 7) is 3.22. The van der Waals surface area contributed by atoms with E-state index in [0.717, 1.165) is 12.8 Å². The fourth-order valence-corrected chi connectivity index (χ4v) is 2.57. The molecule has 3 unspecified atom stereocenters. The molecule has 0 aromatic heterocycles. The van der Waals surface area contributed by atoms with Gasteiger partial charge >= 0.3 is 0 Å². The van der Waals surface area contributed by atoms with Crippen LogP contribution in [0.5, 0.6) is 0 Å². The molecule has 4 N–H and O–H groups in total. The predicted octanol–water partition coefficient (Wildman–Crippen LogP) is 1.25. The average Bonchev–Trinajstić information content (AvgIpc) is 2.29. The zero-order chi connectivity index (χ0) is 11.1. The fourth-order valence-electron chi connectivity index (χ4n) is 2.57. The summed E-state index contributed by atoms with van der Waals surface area (Å²) in [5, 5.41) is 12.9. The fraction of sp³-hybridized carbons (Fsp3) is 1.00. The smallest absolute Gasteiger partial charge is 0.0474 e. The maximum Gasteiger partial charge on any atom is 0.0474 e. The Morgan fingerprint density at radius 3 is 2.73 bits per heavy atom. The normalized spacial score (nSPS) is 29.0. The second kappa shape index (κ2) is 7.20. The van der Waals surface area contributed by atoms with E-state index in [-0.39, 0.29) is 0 Å². The van der Waals surface area contributed by atoms with E-state index in [9.17, 15) is 5.11 Å². The van der Waals surface area contributed by atoms with Gasteiger partial charge in [-0.05, 0) is 25.2 Å². The number of aliphatic hydroxyl groups is 1. The lowest BCUT2D eigenvalue weighted by molar-refractivity contribution is 0.145. The standard InChI is InChI=1S/C12H26N2O/c1-2-5-11(8-13)14-12-7-4-3-6-10(12)9-15/h10-12,14-15H,2-9,13H2,1H3. The van der Waals surface area contributed by atoms with Gasteiger partial charge < -0.3 is 16.2 Å². The second-order valence-electron chi connectivity index (χ2n) is 4.72. The summed E-state index contributed by atoms with van der Waals surface area (Å²) in [7, 11) is 0. The molecule has 1 aliphatic carbocycles. The molecule has 0 aromatic carbocycles. The molecule has 0 radical (unpaired) electrons. The molecule has 3 nitrogen and oxygen atoms in total. The third kappa shape index (κ3) is 4.09. The molecule has 3 heteroatoms. The van der Waals surface area contributed by atoms with E-state index in [1.165, 1.54) is 25.7 Å². The largest absolute Gasteiger partial charge is 0.396 e. The van der Waals surface area contributed by atoms with Crippen molar-refractivity contribution >= 4 is 0 Å². The zero-order valence-electron chi connectivity index (χ0n) is 9.91. The molecule has 0 bridgehead atoms. The minimum Gasteiger partial charge on any atom is -0.396 e. The number of nitrogens with two attached hydrogens (primary N) is 1. The van der Waals surface area contributed by atoms with Crippen LogP contribution in [0.25, 0.3) is 0 Å². The van der Waals surface area contributed by atoms with Crippen LogP contribution < -0.4 is 11.1 Å². The molecule has 0 saturated heterocycles. The molecule has 0 aromatic rings. The van der Waals surface area contributed by atoms with Crippen molar-refractivity contribution in [3.8, 4) is 0 Å². The highest BCUT2D eigenvalue weighted by molar-refractivity contribution is 4.83. The van der Waals surface area contributed by atoms with E-state index >= 15 is 0 Å². The molecule has 0 aliphatic heterocycles. The van der Waals surface area contributed by atoms with Gasteiger partial charge in [-0.25, -0.2) is 0 Å². The van der Waals surface area contributed by atoms with Gasteiger partial charge in [-0.15, -0.1) is 0 Å². The van der Waals surface area contributed by atoms with Crippen LogP contribution >= 0.6 is 0 Å². The van der Waals surface area contributed by atoms with E-state index in [2.05, 4.69) is 12.2 Å². The van der Waals surface area contributed by atoms with Crippen molar-refractivity contribution < 1.29 is 5.11 Å². The maximum absolute atomic E-state index is 9.31. The SMILES string of the molecule is CCCC(CN)NC1CCCCC1CO. The van der Waals surface area contributed by atoms with Gasteiger partial charge in [0.15, 0.2) is 0 Å². The van der Waals surface area contributed by atoms with Crippen molar-refractivity contribution in [1.29, 1.82) is 0 Å². The second-order valence-corrected chi connectivity index (χ2v) is 4.72. The molecule has 1 aliphatic rings. The van der Waals surface area contributed by atoms with Gasteiger partial charge in [-0.3, -0.25) is 0 Å². The number of hydrogen-bond donors (Lipinski definition) is 3. The summed E-state index contributed by atoms with van der Waals surface area (Å²) in [4.78, 5) is 0. The van der Waals surface area contributed by atoms with Gasteiger partial charge in [0.25, 0.3) is 0 Å². The highest BCUT2D eigenvalue weighted by Gasteiger charge is 2.25. The Morgan fingerprint density at radius 1 is 1.40 bits per heavy atom. The molecule has 3 atom stereocenters. The van der Waals surface area contributed by atoms with Crippen LogP contribution in [-0.2, 0) is 0 Å². The number of aliphatic hydroxyl groups excluding tert-OH is 1. The van der Waals surface area contributed by atoms with Crippen LogP contribution in [-0.4, -0.2) is 30.3 Å². The molecular formula is C12H26N2O. The van der Waals surface area contributed by atoms with Gasteiger partial charge in [0.05, 0.1) is 0 Å². The summed E-state index contributed by atoms with van der Waals surface area (Å²) in [6, 6.07) is 0.927. The minimum absolute atomic E-state index is 0.321. The summed E-state index contributed by atoms with van der Waals surface area (Å²) in [5.74, 6) is 0.449. The Balaban J connectivity index is 2.38. The predicted molar refractivity (Wildman–Crippen MR) is 63.7 cm³/mol. The Kier molecular flexibility index (Phi) is 6.22. The van der Waals surface area contributed by atoms with Crippen molar-refractivity contribution in [3.05, 3.63) is 0 Å². The topological polar surface area (TPSA) is 58.3 Å². The highest BCUT2D eigenvalue weighted by atomic mass is 16.3. The van der Waals surface area contributed by atoms with Crippen molar-refractivity contribution in [3.63, 3.8) is 0 Å². The van der Waals surface area contributed by atoms with Crippen molar-refractivity contribution in [1.82, 2.24) is 5.32 Å². The lowest BCUT2D eigenvalue weighted by atomic mass is 9.84. The Hall–Kier alpha value is -0.120. The van der Waals surface area contributed by atoms with Crippen LogP contribution in [0.4, 0.5) is 0 Å². The molecule has 0 heterocycles. The van der Waals surface area contributed by atoms with Crippen molar-refractivity contribution in [2.24, 2.45) is 11.7 Å². The lowest BCUT2D eigenvalue weighted by Crippen LogP contribution is -2.48. The molecule has 15 heavy (non-hydrogen) atoms. The molecular weight excluding hydrogens is 188 g/mol. The first kappa shape index (κ1) is 12.9. The van der Waals surface area contributed by atoms with E-state index in [1.807, 2.05) is 0 Å². The van der Waals surface area contributed by atoms with Crippen LogP contribution in [0.2, 0.25) is 0 Å². The maximum atomic E-state index is 9.31. The number of nitrogens with one attached hydrogen (secondary N) is 1. The van der Waals surface area contributed by atoms with Crippen LogP contribution in [0, 0.1) is 5.92 Å². The first-order chi connectivity index (χ1) is 7.31. The van der Waals surface area contributed by atoms with Crippen molar-refractivity contribution in [2.75, 3.05) is 13.2 Å². The molecule has 1 fully saturated rings. The Bertz CT molecular complexity index is 164. The van der Waals surface area contributed by atoms with Crippen molar-refractivity contribution in [2.45, 2.75) is 57.5 Å². The third-order valence-corrected chi connectivity index (χ3v) is 3.52. The third-order valence-electron chi connectivity index (χ3n) is 3.52. The summed E-state index contributed by atoms with van der Waals surface area (Å²) in [5.41, 5.74) is 5.74. The number of hydrogen-bond acceptors (Lipinski definition) is 3. The van der Waals surface area contributed by atoms with E-state index in [0.29, 0.717) is 31.2 Å². The highest BCUT2D eigenvalue weighted by Crippen LogP contribution is 2.24. The van der Waals surface area contributed by atoms with Gasteiger partial charge in [0.1, 0.15) is 0 Å². The van der Waals surface area contributed by atoms with Gasteiger partial charge in [0.2, 0.25) is 0 Å². The van der Waals surface area contributed by atoms with Crippen LogP contribution in [0.15, 0.2) is 0 Å². The van der Waals surface area contributed by atoms with Gasteiger partial charge in [-0.2, -0.15) is 0 Å². The molecule has 0 amide bonds. The summed E-state index contributed by atoms with van der Waals surface area (Å²) >= 11 is 0. The quantitative estimate of drug-likeness (QED) is 0.624. The van der Waals surface area contributed by atoms with Crippen LogP contribution in [0.3, 0.4) is 0 Å². The first-order valence-electron chi connectivity index (χ1n) is 6.38. The molecule has 90 valence electrons. The van der Waals surface area contributed by atoms with Gasteiger partial charge in [0, 0.05) is 25.2 Å². The summed E-state index contributed by atoms with van der Waals surface area (Å²) in [6.07, 6.45) is 7.24. The zero-order valence-corrected chi connectivity index (χ0v) is 9.91. The monoisotopic (exact) mass is 214 g/mol. The minimum atomic E-state index is 0.321. The molecule has 1 saturated carbocycles. The Morgan fingerprint density at radius 2 is 2.13 bits per heavy atom. The average molecular weight is 214 g/mol. The van der Waals surface area contributed by atoms with Gasteiger partial charge in [-0.1, -0.05) is 26.2 Å². The van der Waals surface area contributed by atoms with Crippen LogP contribution in [0.1, 0.15) is 45.4 Å². The lowest BCUT2D eigenvalue weighted by Gasteiger charge is -2.34.